The van der Waals surface area contributed by atoms with Gasteiger partial charge in [-0.05, 0) is 19.4 Å². The zero-order valence-corrected chi connectivity index (χ0v) is 12.5. The molecule has 0 fully saturated rings. The van der Waals surface area contributed by atoms with Gasteiger partial charge in [0.2, 0.25) is 0 Å². The second-order valence-corrected chi connectivity index (χ2v) is 4.48. The lowest BCUT2D eigenvalue weighted by atomic mass is 10.1. The van der Waals surface area contributed by atoms with Crippen LogP contribution in [0.15, 0.2) is 12.7 Å². The molecule has 0 amide bonds. The highest BCUT2D eigenvalue weighted by molar-refractivity contribution is 5.50. The normalized spacial score (nSPS) is 12.4. The van der Waals surface area contributed by atoms with Crippen molar-refractivity contribution in [2.24, 2.45) is 5.92 Å². The van der Waals surface area contributed by atoms with Crippen molar-refractivity contribution in [3.63, 3.8) is 0 Å². The predicted octanol–water partition coefficient (Wildman–Crippen LogP) is 1.76. The number of likely N-dealkylation sites (N-methyl/N-ethyl adjacent to an activating group) is 1. The number of aliphatic hydroxyl groups excluding tert-OH is 2. The summed E-state index contributed by atoms with van der Waals surface area (Å²) in [5.41, 5.74) is 0. The lowest BCUT2D eigenvalue weighted by Crippen LogP contribution is -2.40. The van der Waals surface area contributed by atoms with Crippen LogP contribution in [0.4, 0.5) is 0 Å². The summed E-state index contributed by atoms with van der Waals surface area (Å²) in [7, 11) is 1.62. The molecule has 0 saturated heterocycles. The Labute approximate surface area is 112 Å². The van der Waals surface area contributed by atoms with Gasteiger partial charge in [-0.1, -0.05) is 33.8 Å². The average molecular weight is 261 g/mol. The number of nitrogens with one attached hydrogen (secondary N) is 1. The maximum atomic E-state index is 9.88. The summed E-state index contributed by atoms with van der Waals surface area (Å²) in [4.78, 5) is 9.88. The molecule has 0 aromatic heterocycles. The smallest absolute Gasteiger partial charge is 0.122 e. The minimum absolute atomic E-state index is 0.0616. The maximum Gasteiger partial charge on any atom is 0.122 e. The molecule has 0 heterocycles. The molecule has 110 valence electrons. The van der Waals surface area contributed by atoms with Gasteiger partial charge in [-0.3, -0.25) is 0 Å². The van der Waals surface area contributed by atoms with Crippen LogP contribution in [0.2, 0.25) is 0 Å². The van der Waals surface area contributed by atoms with Gasteiger partial charge in [0.25, 0.3) is 0 Å². The molecule has 4 heteroatoms. The number of aliphatic hydroxyl groups is 2. The Hall–Kier alpha value is -0.710. The van der Waals surface area contributed by atoms with Gasteiger partial charge in [-0.25, -0.2) is 0 Å². The monoisotopic (exact) mass is 261 g/mol. The standard InChI is InChI=1S/C6H13NO3.C4H10.C4H8/c1-7-5(4-9)6(10)2-3-8;1-4(2)3;1-3-4-2/h3,5-7,9-10H,2,4H2,1H3;4H,1-3H3;3H,1,4H2,2H3. The predicted molar refractivity (Wildman–Crippen MR) is 77.6 cm³/mol. The van der Waals surface area contributed by atoms with Crippen molar-refractivity contribution in [2.45, 2.75) is 52.7 Å². The molecule has 0 aliphatic heterocycles. The average Bonchev–Trinajstić information content (AvgIpc) is 2.30. The Morgan fingerprint density at radius 1 is 1.33 bits per heavy atom. The Balaban J connectivity index is -0.000000233. The van der Waals surface area contributed by atoms with Crippen LogP contribution in [0.5, 0.6) is 0 Å². The molecule has 2 atom stereocenters. The van der Waals surface area contributed by atoms with E-state index in [1.807, 2.05) is 6.08 Å². The molecule has 0 saturated carbocycles. The van der Waals surface area contributed by atoms with Crippen LogP contribution in [0, 0.1) is 5.92 Å². The number of rotatable bonds is 6. The quantitative estimate of drug-likeness (QED) is 0.503. The zero-order valence-electron chi connectivity index (χ0n) is 12.5. The van der Waals surface area contributed by atoms with Crippen LogP contribution < -0.4 is 5.32 Å². The number of carbonyl (C=O) groups excluding carboxylic acids is 1. The fourth-order valence-corrected chi connectivity index (χ4v) is 0.668. The van der Waals surface area contributed by atoms with Crippen LogP contribution in [-0.2, 0) is 4.79 Å². The SMILES string of the molecule is C=CCC.CC(C)C.CNC(CO)C(O)CC=O. The molecule has 0 radical (unpaired) electrons. The lowest BCUT2D eigenvalue weighted by Gasteiger charge is -2.17. The first kappa shape index (κ1) is 22.5. The number of allylic oxidation sites excluding steroid dienone is 1. The van der Waals surface area contributed by atoms with Crippen molar-refractivity contribution in [3.05, 3.63) is 12.7 Å². The summed E-state index contributed by atoms with van der Waals surface area (Å²) >= 11 is 0. The van der Waals surface area contributed by atoms with E-state index in [9.17, 15) is 4.79 Å². The van der Waals surface area contributed by atoms with E-state index < -0.39 is 12.1 Å². The molecule has 2 unspecified atom stereocenters. The van der Waals surface area contributed by atoms with E-state index in [0.29, 0.717) is 6.29 Å². The third-order valence-electron chi connectivity index (χ3n) is 1.66. The molecule has 0 aliphatic carbocycles. The van der Waals surface area contributed by atoms with Gasteiger partial charge in [-0.2, -0.15) is 0 Å². The van der Waals surface area contributed by atoms with Crippen LogP contribution in [0.3, 0.4) is 0 Å². The van der Waals surface area contributed by atoms with Crippen molar-refractivity contribution in [1.82, 2.24) is 5.32 Å². The Bertz CT molecular complexity index is 166. The highest BCUT2D eigenvalue weighted by Gasteiger charge is 2.14. The Morgan fingerprint density at radius 2 is 1.72 bits per heavy atom. The number of carbonyl (C=O) groups is 1. The van der Waals surface area contributed by atoms with Crippen LogP contribution >= 0.6 is 0 Å². The van der Waals surface area contributed by atoms with Gasteiger partial charge in [0.1, 0.15) is 6.29 Å². The second kappa shape index (κ2) is 18.6. The van der Waals surface area contributed by atoms with Gasteiger partial charge in [0, 0.05) is 6.42 Å². The summed E-state index contributed by atoms with van der Waals surface area (Å²) in [6.45, 7) is 11.9. The summed E-state index contributed by atoms with van der Waals surface area (Å²) < 4.78 is 0. The number of hydrogen-bond donors (Lipinski definition) is 3. The number of aldehydes is 1. The minimum Gasteiger partial charge on any atom is -0.395 e. The molecule has 0 aromatic carbocycles. The summed E-state index contributed by atoms with van der Waals surface area (Å²) in [6.07, 6.45) is 2.86. The minimum atomic E-state index is -0.785. The van der Waals surface area contributed by atoms with Crippen molar-refractivity contribution >= 4 is 6.29 Å². The fourth-order valence-electron chi connectivity index (χ4n) is 0.668. The molecular formula is C14H31NO3. The molecule has 18 heavy (non-hydrogen) atoms. The highest BCUT2D eigenvalue weighted by atomic mass is 16.3. The van der Waals surface area contributed by atoms with Crippen LogP contribution in [0.1, 0.15) is 40.5 Å². The van der Waals surface area contributed by atoms with Crippen molar-refractivity contribution < 1.29 is 15.0 Å². The molecule has 0 bridgehead atoms. The van der Waals surface area contributed by atoms with E-state index in [1.165, 1.54) is 0 Å². The van der Waals surface area contributed by atoms with Crippen LogP contribution in [0.25, 0.3) is 0 Å². The first-order valence-corrected chi connectivity index (χ1v) is 6.41. The summed E-state index contributed by atoms with van der Waals surface area (Å²) in [6, 6.07) is -0.398. The van der Waals surface area contributed by atoms with Gasteiger partial charge < -0.3 is 20.3 Å². The molecule has 0 rings (SSSR count). The van der Waals surface area contributed by atoms with Crippen molar-refractivity contribution in [3.8, 4) is 0 Å². The van der Waals surface area contributed by atoms with Crippen molar-refractivity contribution in [2.75, 3.05) is 13.7 Å². The Kier molecular flexibility index (Phi) is 23.3. The first-order valence-electron chi connectivity index (χ1n) is 6.41. The second-order valence-electron chi connectivity index (χ2n) is 4.48. The fraction of sp³-hybridized carbons (Fsp3) is 0.786. The van der Waals surface area contributed by atoms with E-state index >= 15 is 0 Å². The summed E-state index contributed by atoms with van der Waals surface area (Å²) in [5.74, 6) is 0.833. The summed E-state index contributed by atoms with van der Waals surface area (Å²) in [5, 5.41) is 20.3. The molecule has 0 aliphatic rings. The van der Waals surface area contributed by atoms with Gasteiger partial charge in [-0.15, -0.1) is 6.58 Å². The van der Waals surface area contributed by atoms with E-state index in [1.54, 1.807) is 7.05 Å². The highest BCUT2D eigenvalue weighted by Crippen LogP contribution is 1.94. The third kappa shape index (κ3) is 24.5. The molecule has 0 aromatic rings. The lowest BCUT2D eigenvalue weighted by molar-refractivity contribution is -0.110. The van der Waals surface area contributed by atoms with E-state index in [2.05, 4.69) is 39.6 Å². The third-order valence-corrected chi connectivity index (χ3v) is 1.66. The molecule has 4 nitrogen and oxygen atoms in total. The first-order chi connectivity index (χ1) is 8.40. The molecule has 3 N–H and O–H groups in total. The Morgan fingerprint density at radius 3 is 1.89 bits per heavy atom. The van der Waals surface area contributed by atoms with E-state index in [4.69, 9.17) is 10.2 Å². The van der Waals surface area contributed by atoms with Gasteiger partial charge in [0.15, 0.2) is 0 Å². The van der Waals surface area contributed by atoms with Crippen LogP contribution in [-0.4, -0.2) is 42.3 Å². The van der Waals surface area contributed by atoms with Gasteiger partial charge >= 0.3 is 0 Å². The van der Waals surface area contributed by atoms with Crippen molar-refractivity contribution in [1.29, 1.82) is 0 Å². The van der Waals surface area contributed by atoms with E-state index in [-0.39, 0.29) is 13.0 Å². The maximum absolute atomic E-state index is 9.88. The number of hydrogen-bond acceptors (Lipinski definition) is 4. The van der Waals surface area contributed by atoms with E-state index in [0.717, 1.165) is 12.3 Å². The van der Waals surface area contributed by atoms with Gasteiger partial charge in [0.05, 0.1) is 18.8 Å². The largest absolute Gasteiger partial charge is 0.395 e. The molecule has 0 spiro atoms. The topological polar surface area (TPSA) is 69.6 Å². The molecular weight excluding hydrogens is 230 g/mol. The zero-order chi connectivity index (χ0) is 15.0.